The van der Waals surface area contributed by atoms with E-state index in [1.54, 1.807) is 18.2 Å². The molecule has 1 aromatic carbocycles. The molecule has 118 valence electrons. The summed E-state index contributed by atoms with van der Waals surface area (Å²) in [5.74, 6) is -0.0867. The molecule has 3 heterocycles. The number of aromatic nitrogens is 1. The fraction of sp³-hybridized carbons (Fsp3) is 0.333. The van der Waals surface area contributed by atoms with Gasteiger partial charge in [0.2, 0.25) is 0 Å². The predicted octanol–water partition coefficient (Wildman–Crippen LogP) is 2.17. The van der Waals surface area contributed by atoms with Crippen molar-refractivity contribution < 1.29 is 9.90 Å². The van der Waals surface area contributed by atoms with E-state index in [-0.39, 0.29) is 5.56 Å². The van der Waals surface area contributed by atoms with Crippen molar-refractivity contribution in [2.24, 2.45) is 5.92 Å². The van der Waals surface area contributed by atoms with Crippen molar-refractivity contribution in [2.75, 3.05) is 18.0 Å². The number of hydrogen-bond acceptors (Lipinski definition) is 3. The molecule has 1 aromatic heterocycles. The maximum absolute atomic E-state index is 12.0. The van der Waals surface area contributed by atoms with Gasteiger partial charge in [0.1, 0.15) is 0 Å². The molecule has 1 fully saturated rings. The van der Waals surface area contributed by atoms with Crippen molar-refractivity contribution in [1.29, 1.82) is 0 Å². The fourth-order valence-electron chi connectivity index (χ4n) is 3.92. The second-order valence-corrected chi connectivity index (χ2v) is 6.46. The summed E-state index contributed by atoms with van der Waals surface area (Å²) in [5, 5.41) is 9.01. The lowest BCUT2D eigenvalue weighted by molar-refractivity contribution is 0.0697. The fourth-order valence-corrected chi connectivity index (χ4v) is 3.92. The van der Waals surface area contributed by atoms with Crippen LogP contribution in [0.25, 0.3) is 0 Å². The molecule has 0 radical (unpaired) electrons. The number of carboxylic acid groups (broad SMARTS) is 1. The van der Waals surface area contributed by atoms with Gasteiger partial charge in [0.15, 0.2) is 0 Å². The number of hydrogen-bond donors (Lipinski definition) is 1. The number of piperidine rings is 1. The van der Waals surface area contributed by atoms with Crippen molar-refractivity contribution in [2.45, 2.75) is 18.9 Å². The average molecular weight is 310 g/mol. The van der Waals surface area contributed by atoms with E-state index in [0.717, 1.165) is 37.4 Å². The predicted molar refractivity (Wildman–Crippen MR) is 87.2 cm³/mol. The molecule has 5 heteroatoms. The topological polar surface area (TPSA) is 62.5 Å². The summed E-state index contributed by atoms with van der Waals surface area (Å²) in [6.07, 6.45) is 1.12. The van der Waals surface area contributed by atoms with E-state index in [1.807, 2.05) is 22.8 Å². The van der Waals surface area contributed by atoms with Crippen LogP contribution in [-0.4, -0.2) is 28.7 Å². The monoisotopic (exact) mass is 310 g/mol. The SMILES string of the molecule is O=C(O)c1ccc(N2C[C@@H]3C[C@@H](C2)c2cccc(=O)n2C3)cc1. The van der Waals surface area contributed by atoms with Crippen LogP contribution in [0.5, 0.6) is 0 Å². The van der Waals surface area contributed by atoms with Gasteiger partial charge in [-0.05, 0) is 42.7 Å². The first-order valence-corrected chi connectivity index (χ1v) is 7.90. The first-order chi connectivity index (χ1) is 11.1. The third-order valence-electron chi connectivity index (χ3n) is 4.96. The molecule has 2 aliphatic heterocycles. The van der Waals surface area contributed by atoms with Crippen LogP contribution in [0, 0.1) is 5.92 Å². The minimum atomic E-state index is -0.902. The maximum atomic E-state index is 12.0. The molecular weight excluding hydrogens is 292 g/mol. The lowest BCUT2D eigenvalue weighted by atomic mass is 9.83. The molecule has 0 aliphatic carbocycles. The number of fused-ring (bicyclic) bond motifs is 4. The van der Waals surface area contributed by atoms with Gasteiger partial charge >= 0.3 is 5.97 Å². The first-order valence-electron chi connectivity index (χ1n) is 7.90. The van der Waals surface area contributed by atoms with Crippen LogP contribution in [0.2, 0.25) is 0 Å². The molecule has 2 aromatic rings. The molecule has 1 N–H and O–H groups in total. The molecule has 4 rings (SSSR count). The Morgan fingerprint density at radius 2 is 1.83 bits per heavy atom. The Hall–Kier alpha value is -2.56. The van der Waals surface area contributed by atoms with Crippen molar-refractivity contribution >= 4 is 11.7 Å². The molecule has 5 nitrogen and oxygen atoms in total. The van der Waals surface area contributed by atoms with E-state index in [1.165, 1.54) is 0 Å². The molecule has 2 bridgehead atoms. The van der Waals surface area contributed by atoms with Crippen LogP contribution in [-0.2, 0) is 6.54 Å². The van der Waals surface area contributed by atoms with Crippen molar-refractivity contribution in [1.82, 2.24) is 4.57 Å². The highest BCUT2D eigenvalue weighted by Crippen LogP contribution is 2.36. The highest BCUT2D eigenvalue weighted by atomic mass is 16.4. The number of anilines is 1. The molecule has 0 saturated carbocycles. The average Bonchev–Trinajstić information content (AvgIpc) is 2.56. The quantitative estimate of drug-likeness (QED) is 0.923. The summed E-state index contributed by atoms with van der Waals surface area (Å²) in [6, 6.07) is 12.6. The van der Waals surface area contributed by atoms with Crippen molar-refractivity contribution in [3.63, 3.8) is 0 Å². The zero-order valence-corrected chi connectivity index (χ0v) is 12.7. The van der Waals surface area contributed by atoms with Crippen molar-refractivity contribution in [3.05, 3.63) is 64.1 Å². The Morgan fingerprint density at radius 1 is 1.04 bits per heavy atom. The molecule has 2 aliphatic rings. The van der Waals surface area contributed by atoms with E-state index in [9.17, 15) is 9.59 Å². The third-order valence-corrected chi connectivity index (χ3v) is 4.96. The van der Waals surface area contributed by atoms with Crippen LogP contribution < -0.4 is 10.5 Å². The molecule has 0 spiro atoms. The lowest BCUT2D eigenvalue weighted by Gasteiger charge is -2.43. The summed E-state index contributed by atoms with van der Waals surface area (Å²) < 4.78 is 1.92. The summed E-state index contributed by atoms with van der Waals surface area (Å²) in [6.45, 7) is 2.55. The van der Waals surface area contributed by atoms with Gasteiger partial charge in [-0.15, -0.1) is 0 Å². The molecule has 23 heavy (non-hydrogen) atoms. The van der Waals surface area contributed by atoms with Crippen LogP contribution in [0.3, 0.4) is 0 Å². The smallest absolute Gasteiger partial charge is 0.335 e. The second kappa shape index (κ2) is 5.26. The summed E-state index contributed by atoms with van der Waals surface area (Å²) in [4.78, 5) is 25.3. The highest BCUT2D eigenvalue weighted by molar-refractivity contribution is 5.88. The highest BCUT2D eigenvalue weighted by Gasteiger charge is 2.34. The Bertz CT molecular complexity index is 810. The number of carboxylic acids is 1. The van der Waals surface area contributed by atoms with Gasteiger partial charge in [0.05, 0.1) is 5.56 Å². The van der Waals surface area contributed by atoms with Crippen LogP contribution in [0.4, 0.5) is 5.69 Å². The summed E-state index contributed by atoms with van der Waals surface area (Å²) in [5.41, 5.74) is 2.58. The van der Waals surface area contributed by atoms with Gasteiger partial charge < -0.3 is 14.6 Å². The zero-order valence-electron chi connectivity index (χ0n) is 12.7. The van der Waals surface area contributed by atoms with Crippen LogP contribution in [0.15, 0.2) is 47.3 Å². The Balaban J connectivity index is 1.63. The number of aromatic carboxylic acids is 1. The number of carbonyl (C=O) groups is 1. The van der Waals surface area contributed by atoms with Gasteiger partial charge in [-0.1, -0.05) is 6.07 Å². The van der Waals surface area contributed by atoms with Crippen LogP contribution >= 0.6 is 0 Å². The molecule has 0 amide bonds. The molecule has 1 saturated heterocycles. The molecular formula is C18H18N2O3. The normalized spacial score (nSPS) is 22.5. The number of benzene rings is 1. The van der Waals surface area contributed by atoms with Crippen molar-refractivity contribution in [3.8, 4) is 0 Å². The molecule has 0 unspecified atom stereocenters. The number of rotatable bonds is 2. The minimum Gasteiger partial charge on any atom is -0.478 e. The van der Waals surface area contributed by atoms with Crippen LogP contribution in [0.1, 0.15) is 28.4 Å². The number of nitrogens with zero attached hydrogens (tertiary/aromatic N) is 2. The van der Waals surface area contributed by atoms with Gasteiger partial charge in [-0.3, -0.25) is 4.79 Å². The lowest BCUT2D eigenvalue weighted by Crippen LogP contribution is -2.47. The Morgan fingerprint density at radius 3 is 2.57 bits per heavy atom. The van der Waals surface area contributed by atoms with E-state index >= 15 is 0 Å². The standard InChI is InChI=1S/C18H18N2O3/c21-17-3-1-2-16-14-8-12(10-20(16)17)9-19(11-14)15-6-4-13(5-7-15)18(22)23/h1-7,12,14H,8-11H2,(H,22,23)/t12-,14-/m0/s1. The third kappa shape index (κ3) is 2.42. The Kier molecular flexibility index (Phi) is 3.22. The summed E-state index contributed by atoms with van der Waals surface area (Å²) >= 11 is 0. The maximum Gasteiger partial charge on any atom is 0.335 e. The molecule has 2 atom stereocenters. The van der Waals surface area contributed by atoms with Gasteiger partial charge in [-0.2, -0.15) is 0 Å². The first kappa shape index (κ1) is 14.1. The zero-order chi connectivity index (χ0) is 16.0. The largest absolute Gasteiger partial charge is 0.478 e. The van der Waals surface area contributed by atoms with Gasteiger partial charge in [0, 0.05) is 43.0 Å². The van der Waals surface area contributed by atoms with E-state index in [0.29, 0.717) is 17.4 Å². The van der Waals surface area contributed by atoms with Gasteiger partial charge in [0.25, 0.3) is 5.56 Å². The second-order valence-electron chi connectivity index (χ2n) is 6.46. The van der Waals surface area contributed by atoms with Gasteiger partial charge in [-0.25, -0.2) is 4.79 Å². The minimum absolute atomic E-state index is 0.0939. The summed E-state index contributed by atoms with van der Waals surface area (Å²) in [7, 11) is 0. The van der Waals surface area contributed by atoms with E-state index < -0.39 is 5.97 Å². The number of pyridine rings is 1. The van der Waals surface area contributed by atoms with E-state index in [4.69, 9.17) is 5.11 Å². The van der Waals surface area contributed by atoms with E-state index in [2.05, 4.69) is 11.0 Å². The Labute approximate surface area is 133 Å².